The molecule has 0 spiro atoms. The van der Waals surface area contributed by atoms with Gasteiger partial charge >= 0.3 is 5.43 Å². The average Bonchev–Trinajstić information content (AvgIpc) is 3.06. The van der Waals surface area contributed by atoms with Crippen molar-refractivity contribution >= 4 is 17.0 Å². The molecule has 0 aromatic rings. The Labute approximate surface area is 202 Å². The SMILES string of the molecule is CC(C)CCCC(C)C1CCC2C1(C)CCC1C3(C)CCC(OC(=O)Cl)CC3=CCC12C. The van der Waals surface area contributed by atoms with Crippen molar-refractivity contribution in [3.8, 4) is 0 Å². The van der Waals surface area contributed by atoms with Gasteiger partial charge in [-0.2, -0.15) is 0 Å². The van der Waals surface area contributed by atoms with E-state index < -0.39 is 5.43 Å². The predicted octanol–water partition coefficient (Wildman–Crippen LogP) is 9.16. The molecule has 0 heterocycles. The second-order valence-corrected chi connectivity index (χ2v) is 13.5. The van der Waals surface area contributed by atoms with Crippen LogP contribution in [-0.4, -0.2) is 11.5 Å². The van der Waals surface area contributed by atoms with Crippen molar-refractivity contribution in [2.24, 2.45) is 45.8 Å². The van der Waals surface area contributed by atoms with Crippen molar-refractivity contribution in [3.63, 3.8) is 0 Å². The van der Waals surface area contributed by atoms with Crippen LogP contribution in [0.3, 0.4) is 0 Å². The molecule has 3 fully saturated rings. The summed E-state index contributed by atoms with van der Waals surface area (Å²) in [6.45, 7) is 15.1. The Hall–Kier alpha value is -0.500. The van der Waals surface area contributed by atoms with Crippen LogP contribution in [0.2, 0.25) is 0 Å². The van der Waals surface area contributed by atoms with Crippen molar-refractivity contribution in [1.29, 1.82) is 0 Å². The second-order valence-electron chi connectivity index (χ2n) is 13.2. The van der Waals surface area contributed by atoms with Gasteiger partial charge in [-0.15, -0.1) is 0 Å². The maximum atomic E-state index is 11.3. The Kier molecular flexibility index (Phi) is 6.88. The summed E-state index contributed by atoms with van der Waals surface area (Å²) in [6.07, 6.45) is 16.5. The Morgan fingerprint density at radius 1 is 1.03 bits per heavy atom. The summed E-state index contributed by atoms with van der Waals surface area (Å²) >= 11 is 5.54. The largest absolute Gasteiger partial charge is 0.450 e. The molecule has 0 aromatic carbocycles. The molecule has 0 aromatic heterocycles. The average molecular weight is 463 g/mol. The Morgan fingerprint density at radius 2 is 1.78 bits per heavy atom. The minimum Gasteiger partial charge on any atom is -0.450 e. The van der Waals surface area contributed by atoms with Crippen LogP contribution in [0.15, 0.2) is 11.6 Å². The topological polar surface area (TPSA) is 26.3 Å². The highest BCUT2D eigenvalue weighted by Gasteiger charge is 2.64. The maximum Gasteiger partial charge on any atom is 0.404 e. The fourth-order valence-corrected chi connectivity index (χ4v) is 9.67. The molecule has 3 heteroatoms. The molecule has 32 heavy (non-hydrogen) atoms. The summed E-state index contributed by atoms with van der Waals surface area (Å²) in [5.41, 5.74) is 2.09. The van der Waals surface area contributed by atoms with E-state index in [4.69, 9.17) is 16.3 Å². The zero-order valence-corrected chi connectivity index (χ0v) is 22.3. The van der Waals surface area contributed by atoms with E-state index in [-0.39, 0.29) is 11.5 Å². The van der Waals surface area contributed by atoms with Crippen LogP contribution in [0.4, 0.5) is 4.79 Å². The third-order valence-corrected chi connectivity index (χ3v) is 11.2. The lowest BCUT2D eigenvalue weighted by Crippen LogP contribution is -2.56. The van der Waals surface area contributed by atoms with Crippen molar-refractivity contribution in [3.05, 3.63) is 11.6 Å². The zero-order valence-electron chi connectivity index (χ0n) is 21.5. The van der Waals surface area contributed by atoms with Gasteiger partial charge in [-0.25, -0.2) is 4.79 Å². The Bertz CT molecular complexity index is 743. The molecular formula is C29H47ClO2. The van der Waals surface area contributed by atoms with E-state index >= 15 is 0 Å². The van der Waals surface area contributed by atoms with E-state index in [1.165, 1.54) is 51.4 Å². The third-order valence-electron chi connectivity index (χ3n) is 11.1. The van der Waals surface area contributed by atoms with Gasteiger partial charge < -0.3 is 4.74 Å². The summed E-state index contributed by atoms with van der Waals surface area (Å²) in [4.78, 5) is 11.3. The lowest BCUT2D eigenvalue weighted by molar-refractivity contribution is -0.114. The van der Waals surface area contributed by atoms with Gasteiger partial charge in [0.1, 0.15) is 6.10 Å². The summed E-state index contributed by atoms with van der Waals surface area (Å²) in [5.74, 6) is 4.19. The molecule has 0 N–H and O–H groups in total. The first-order valence-corrected chi connectivity index (χ1v) is 13.9. The molecule has 4 rings (SSSR count). The van der Waals surface area contributed by atoms with Crippen LogP contribution < -0.4 is 0 Å². The highest BCUT2D eigenvalue weighted by Crippen LogP contribution is 2.72. The minimum atomic E-state index is -0.646. The van der Waals surface area contributed by atoms with E-state index in [1.807, 2.05) is 0 Å². The van der Waals surface area contributed by atoms with E-state index in [0.717, 1.165) is 48.9 Å². The molecule has 0 amide bonds. The third kappa shape index (κ3) is 4.09. The van der Waals surface area contributed by atoms with Crippen LogP contribution in [0.1, 0.15) is 112 Å². The maximum absolute atomic E-state index is 11.3. The smallest absolute Gasteiger partial charge is 0.404 e. The first kappa shape index (κ1) is 24.6. The molecule has 0 saturated heterocycles. The minimum absolute atomic E-state index is 0.0277. The predicted molar refractivity (Wildman–Crippen MR) is 134 cm³/mol. The zero-order chi connectivity index (χ0) is 23.3. The number of fused-ring (bicyclic) bond motifs is 5. The summed E-state index contributed by atoms with van der Waals surface area (Å²) < 4.78 is 5.40. The number of carbonyl (C=O) groups excluding carboxylic acids is 1. The monoisotopic (exact) mass is 462 g/mol. The summed E-state index contributed by atoms with van der Waals surface area (Å²) in [7, 11) is 0. The normalized spacial score (nSPS) is 44.3. The number of hydrogen-bond acceptors (Lipinski definition) is 2. The lowest BCUT2D eigenvalue weighted by atomic mass is 9.41. The summed E-state index contributed by atoms with van der Waals surface area (Å²) in [5, 5.41) is 0. The molecule has 0 radical (unpaired) electrons. The van der Waals surface area contributed by atoms with E-state index in [9.17, 15) is 4.79 Å². The number of allylic oxidation sites excluding steroid dienone is 1. The van der Waals surface area contributed by atoms with Gasteiger partial charge in [-0.05, 0) is 90.8 Å². The van der Waals surface area contributed by atoms with Crippen LogP contribution >= 0.6 is 11.6 Å². The van der Waals surface area contributed by atoms with Crippen LogP contribution in [-0.2, 0) is 4.74 Å². The van der Waals surface area contributed by atoms with Gasteiger partial charge in [0.2, 0.25) is 0 Å². The van der Waals surface area contributed by atoms with Gasteiger partial charge in [0.05, 0.1) is 0 Å². The molecule has 8 atom stereocenters. The molecule has 0 bridgehead atoms. The van der Waals surface area contributed by atoms with Crippen LogP contribution in [0, 0.1) is 45.8 Å². The first-order valence-electron chi connectivity index (χ1n) is 13.6. The molecule has 182 valence electrons. The number of rotatable bonds is 6. The van der Waals surface area contributed by atoms with Crippen molar-refractivity contribution in [1.82, 2.24) is 0 Å². The Morgan fingerprint density at radius 3 is 2.47 bits per heavy atom. The molecule has 2 nitrogen and oxygen atoms in total. The quantitative estimate of drug-likeness (QED) is 0.290. The first-order chi connectivity index (χ1) is 15.0. The number of hydrogen-bond donors (Lipinski definition) is 0. The fourth-order valence-electron chi connectivity index (χ4n) is 9.54. The van der Waals surface area contributed by atoms with Crippen molar-refractivity contribution in [2.45, 2.75) is 118 Å². The van der Waals surface area contributed by atoms with Crippen LogP contribution in [0.5, 0.6) is 0 Å². The Balaban J connectivity index is 1.52. The number of carbonyl (C=O) groups is 1. The standard InChI is InChI=1S/C29H47ClO2/c1-19(2)8-7-9-20(3)23-10-11-24-28(23,5)17-14-25-27(4)16-13-22(32-26(30)31)18-21(27)12-15-29(24,25)6/h12,19-20,22-25H,7-11,13-18H2,1-6H3. The van der Waals surface area contributed by atoms with Gasteiger partial charge in [-0.1, -0.05) is 72.5 Å². The highest BCUT2D eigenvalue weighted by molar-refractivity contribution is 6.61. The molecule has 8 unspecified atom stereocenters. The van der Waals surface area contributed by atoms with Crippen molar-refractivity contribution in [2.75, 3.05) is 0 Å². The molecule has 3 saturated carbocycles. The lowest BCUT2D eigenvalue weighted by Gasteiger charge is -2.63. The summed E-state index contributed by atoms with van der Waals surface area (Å²) in [6, 6.07) is 0. The molecule has 4 aliphatic rings. The number of halogens is 1. The van der Waals surface area contributed by atoms with Gasteiger partial charge in [0, 0.05) is 18.0 Å². The van der Waals surface area contributed by atoms with Crippen LogP contribution in [0.25, 0.3) is 0 Å². The van der Waals surface area contributed by atoms with Gasteiger partial charge in [0.15, 0.2) is 0 Å². The molecule has 4 aliphatic carbocycles. The van der Waals surface area contributed by atoms with Gasteiger partial charge in [0.25, 0.3) is 0 Å². The van der Waals surface area contributed by atoms with E-state index in [1.54, 1.807) is 5.57 Å². The molecular weight excluding hydrogens is 416 g/mol. The highest BCUT2D eigenvalue weighted by atomic mass is 35.5. The fraction of sp³-hybridized carbons (Fsp3) is 0.897. The van der Waals surface area contributed by atoms with Crippen molar-refractivity contribution < 1.29 is 9.53 Å². The molecule has 0 aliphatic heterocycles. The second kappa shape index (κ2) is 8.94. The van der Waals surface area contributed by atoms with E-state index in [2.05, 4.69) is 47.6 Å². The van der Waals surface area contributed by atoms with Gasteiger partial charge in [-0.3, -0.25) is 0 Å². The van der Waals surface area contributed by atoms with E-state index in [0.29, 0.717) is 10.8 Å². The number of ether oxygens (including phenoxy) is 1.